The third kappa shape index (κ3) is 10.8. The molecular weight excluding hydrogens is 870 g/mol. The van der Waals surface area contributed by atoms with E-state index in [0.717, 1.165) is 23.9 Å². The molecule has 6 rings (SSSR count). The summed E-state index contributed by atoms with van der Waals surface area (Å²) in [6, 6.07) is 10.3. The lowest BCUT2D eigenvalue weighted by Gasteiger charge is -2.34. The Morgan fingerprint density at radius 2 is 1.70 bits per heavy atom. The first kappa shape index (κ1) is 47.2. The number of anilines is 4. The topological polar surface area (TPSA) is 160 Å². The Kier molecular flexibility index (Phi) is 14.4. The molecule has 1 aromatic heterocycles. The predicted molar refractivity (Wildman–Crippen MR) is 223 cm³/mol. The minimum Gasteiger partial charge on any atom is -0.493 e. The molecule has 3 fully saturated rings. The van der Waals surface area contributed by atoms with Crippen molar-refractivity contribution in [2.75, 3.05) is 46.7 Å². The van der Waals surface area contributed by atoms with Crippen LogP contribution in [0.4, 0.5) is 44.7 Å². The number of thiol groups is 1. The van der Waals surface area contributed by atoms with Gasteiger partial charge in [0.1, 0.15) is 23.4 Å². The van der Waals surface area contributed by atoms with Crippen molar-refractivity contribution in [1.82, 2.24) is 15.2 Å². The first-order valence-corrected chi connectivity index (χ1v) is 19.9. The van der Waals surface area contributed by atoms with Crippen molar-refractivity contribution < 1.29 is 45.9 Å². The van der Waals surface area contributed by atoms with Gasteiger partial charge < -0.3 is 20.3 Å². The minimum atomic E-state index is -4.93. The number of ether oxygens (including phenoxy) is 1. The van der Waals surface area contributed by atoms with Crippen LogP contribution < -0.4 is 30.5 Å². The van der Waals surface area contributed by atoms with Crippen molar-refractivity contribution >= 4 is 83.0 Å². The average Bonchev–Trinajstić information content (AvgIpc) is 3.34. The van der Waals surface area contributed by atoms with Crippen LogP contribution in [0.25, 0.3) is 0 Å². The van der Waals surface area contributed by atoms with E-state index >= 15 is 8.78 Å². The van der Waals surface area contributed by atoms with Gasteiger partial charge in [-0.25, -0.2) is 13.8 Å². The van der Waals surface area contributed by atoms with E-state index in [1.54, 1.807) is 18.2 Å². The quantitative estimate of drug-likeness (QED) is 0.0823. The number of nitrogens with one attached hydrogen (secondary N) is 3. The molecule has 61 heavy (non-hydrogen) atoms. The number of hydrogen-bond acceptors (Lipinski definition) is 11. The third-order valence-electron chi connectivity index (χ3n) is 10.7. The second-order valence-electron chi connectivity index (χ2n) is 15.5. The lowest BCUT2D eigenvalue weighted by atomic mass is 9.94. The zero-order valence-electron chi connectivity index (χ0n) is 33.1. The number of alkyl halides is 5. The molecule has 2 atom stereocenters. The van der Waals surface area contributed by atoms with Crippen LogP contribution in [-0.4, -0.2) is 76.8 Å². The van der Waals surface area contributed by atoms with Crippen LogP contribution in [0.3, 0.4) is 0 Å². The minimum absolute atomic E-state index is 0. The number of benzene rings is 2. The zero-order valence-corrected chi connectivity index (χ0v) is 35.6. The highest BCUT2D eigenvalue weighted by atomic mass is 35.5. The van der Waals surface area contributed by atoms with Gasteiger partial charge in [-0.05, 0) is 101 Å². The van der Waals surface area contributed by atoms with E-state index < -0.39 is 57.8 Å². The van der Waals surface area contributed by atoms with Gasteiger partial charge in [0.2, 0.25) is 17.7 Å². The van der Waals surface area contributed by atoms with Crippen LogP contribution in [0.15, 0.2) is 48.7 Å². The summed E-state index contributed by atoms with van der Waals surface area (Å²) in [6.45, 7) is 5.17. The molecule has 2 unspecified atom stereocenters. The fraction of sp³-hybridized carbons (Fsp3) is 0.450. The van der Waals surface area contributed by atoms with Gasteiger partial charge in [-0.15, -0.1) is 25.0 Å². The summed E-state index contributed by atoms with van der Waals surface area (Å²) in [5.74, 6) is -4.95. The molecule has 3 N–H and O–H groups in total. The van der Waals surface area contributed by atoms with Crippen molar-refractivity contribution in [1.29, 1.82) is 5.26 Å². The molecule has 21 heteroatoms. The number of nitriles is 1. The molecule has 4 heterocycles. The average molecular weight is 914 g/mol. The highest BCUT2D eigenvalue weighted by molar-refractivity contribution is 7.81. The van der Waals surface area contributed by atoms with Crippen LogP contribution in [0.1, 0.15) is 69.7 Å². The molecule has 0 spiro atoms. The summed E-state index contributed by atoms with van der Waals surface area (Å²) in [4.78, 5) is 58.2. The van der Waals surface area contributed by atoms with Crippen molar-refractivity contribution in [3.8, 4) is 11.8 Å². The Labute approximate surface area is 365 Å². The maximum atomic E-state index is 15.1. The number of carbonyl (C=O) groups is 4. The first-order valence-electron chi connectivity index (χ1n) is 19.0. The van der Waals surface area contributed by atoms with E-state index in [9.17, 15) is 32.3 Å². The highest BCUT2D eigenvalue weighted by Gasteiger charge is 2.52. The molecule has 0 bridgehead atoms. The van der Waals surface area contributed by atoms with Gasteiger partial charge in [-0.1, -0.05) is 11.6 Å². The lowest BCUT2D eigenvalue weighted by Crippen LogP contribution is -2.47. The van der Waals surface area contributed by atoms with Crippen molar-refractivity contribution in [3.63, 3.8) is 0 Å². The molecule has 328 valence electrons. The van der Waals surface area contributed by atoms with E-state index in [-0.39, 0.29) is 66.8 Å². The van der Waals surface area contributed by atoms with Gasteiger partial charge in [0.05, 0.1) is 36.2 Å². The van der Waals surface area contributed by atoms with Crippen LogP contribution in [0, 0.1) is 17.2 Å². The summed E-state index contributed by atoms with van der Waals surface area (Å²) in [5, 5.41) is 17.7. The third-order valence-corrected chi connectivity index (χ3v) is 11.4. The van der Waals surface area contributed by atoms with Crippen LogP contribution in [-0.2, 0) is 31.3 Å². The Balaban J connectivity index is 0.00000704. The zero-order chi connectivity index (χ0) is 43.7. The lowest BCUT2D eigenvalue weighted by molar-refractivity contribution is -0.138. The number of piperidine rings is 2. The Morgan fingerprint density at radius 3 is 2.34 bits per heavy atom. The molecule has 0 radical (unpaired) electrons. The van der Waals surface area contributed by atoms with Crippen molar-refractivity contribution in [2.45, 2.75) is 82.1 Å². The van der Waals surface area contributed by atoms with Gasteiger partial charge in [-0.2, -0.15) is 18.4 Å². The van der Waals surface area contributed by atoms with E-state index in [4.69, 9.17) is 21.6 Å². The number of rotatable bonds is 12. The standard InChI is InChI=1S/C40H42ClF5N8O5S.ClH/c1-38(2)36(58)53(27-18-28(40(44,45)46)31(19-47)48-20-27)37(60)54(38)26-4-6-32(29(17-26)39(3,42)43)59-13-10-22-8-11-52(12-9-22)21-34(56)50-25-15-23(41)14-24(16-25)49-30-5-7-33(55)51-35(30)57;/h4,6,14-18,20,22,30,37,49,60H,5,7-13,21H2,1-3H3,(H,50,56)(H,51,55,57);1H. The molecule has 2 aromatic carbocycles. The van der Waals surface area contributed by atoms with Crippen LogP contribution >= 0.6 is 36.6 Å². The Morgan fingerprint density at radius 1 is 1.03 bits per heavy atom. The smallest absolute Gasteiger partial charge is 0.419 e. The second kappa shape index (κ2) is 18.6. The number of imide groups is 1. The van der Waals surface area contributed by atoms with E-state index in [1.807, 2.05) is 4.90 Å². The largest absolute Gasteiger partial charge is 0.493 e. The number of carbonyl (C=O) groups excluding carboxylic acids is 4. The molecule has 13 nitrogen and oxygen atoms in total. The monoisotopic (exact) mass is 912 g/mol. The van der Waals surface area contributed by atoms with Crippen molar-refractivity contribution in [3.05, 3.63) is 70.5 Å². The van der Waals surface area contributed by atoms with Gasteiger partial charge in [-0.3, -0.25) is 34.3 Å². The number of likely N-dealkylation sites (tertiary alicyclic amines) is 1. The van der Waals surface area contributed by atoms with E-state index in [1.165, 1.54) is 43.0 Å². The molecule has 3 aromatic rings. The molecule has 3 saturated heterocycles. The Hall–Kier alpha value is -4.90. The summed E-state index contributed by atoms with van der Waals surface area (Å²) < 4.78 is 77.4. The highest BCUT2D eigenvalue weighted by Crippen LogP contribution is 2.45. The summed E-state index contributed by atoms with van der Waals surface area (Å²) in [5.41, 5.74) is -4.51. The predicted octanol–water partition coefficient (Wildman–Crippen LogP) is 7.34. The normalized spacial score (nSPS) is 19.9. The van der Waals surface area contributed by atoms with Gasteiger partial charge >= 0.3 is 6.18 Å². The molecule has 3 aliphatic rings. The van der Waals surface area contributed by atoms with Gasteiger partial charge in [0.25, 0.3) is 11.8 Å². The molecule has 0 aliphatic carbocycles. The van der Waals surface area contributed by atoms with Crippen LogP contribution in [0.5, 0.6) is 5.75 Å². The Bertz CT molecular complexity index is 2210. The maximum Gasteiger partial charge on any atom is 0.419 e. The number of halogens is 7. The summed E-state index contributed by atoms with van der Waals surface area (Å²) in [7, 11) is 0. The molecule has 0 saturated carbocycles. The molecule has 4 amide bonds. The molecular formula is C40H43Cl2F5N8O5S. The fourth-order valence-corrected chi connectivity index (χ4v) is 8.49. The second-order valence-corrected chi connectivity index (χ2v) is 16.4. The number of pyridine rings is 1. The molecule has 3 aliphatic heterocycles. The summed E-state index contributed by atoms with van der Waals surface area (Å²) in [6.07, 6.45) is -1.41. The number of amides is 4. The number of nitrogens with zero attached hydrogens (tertiary/aromatic N) is 5. The van der Waals surface area contributed by atoms with E-state index in [2.05, 4.69) is 33.6 Å². The SMILES string of the molecule is CC(F)(F)c1cc(N2C(S)N(c3cnc(C#N)c(C(F)(F)F)c3)C(=O)C2(C)C)ccc1OCCC1CCN(CC(=O)Nc2cc(Cl)cc(NC3CCC(=O)NC3=O)c2)CC1.Cl. The van der Waals surface area contributed by atoms with Crippen molar-refractivity contribution in [2.24, 2.45) is 5.92 Å². The van der Waals surface area contributed by atoms with E-state index in [0.29, 0.717) is 55.3 Å². The fourth-order valence-electron chi connectivity index (χ4n) is 7.59. The number of aromatic nitrogens is 1. The number of hydrogen-bond donors (Lipinski definition) is 4. The van der Waals surface area contributed by atoms with Gasteiger partial charge in [0, 0.05) is 35.4 Å². The maximum absolute atomic E-state index is 15.1. The first-order chi connectivity index (χ1) is 28.1. The van der Waals surface area contributed by atoms with Gasteiger partial charge in [0.15, 0.2) is 11.2 Å². The van der Waals surface area contributed by atoms with Crippen LogP contribution in [0.2, 0.25) is 5.02 Å². The summed E-state index contributed by atoms with van der Waals surface area (Å²) >= 11 is 10.8.